The van der Waals surface area contributed by atoms with Crippen molar-refractivity contribution in [3.05, 3.63) is 29.3 Å². The van der Waals surface area contributed by atoms with Gasteiger partial charge in [-0.15, -0.1) is 0 Å². The number of ether oxygens (including phenoxy) is 2. The van der Waals surface area contributed by atoms with Crippen LogP contribution in [0.1, 0.15) is 37.3 Å². The smallest absolute Gasteiger partial charge is 0.411 e. The molecular formula is C15H21F3O2. The molecule has 0 heterocycles. The van der Waals surface area contributed by atoms with E-state index < -0.39 is 12.8 Å². The second-order valence-electron chi connectivity index (χ2n) is 5.05. The van der Waals surface area contributed by atoms with Crippen LogP contribution in [0, 0.1) is 6.92 Å². The molecule has 5 heteroatoms. The fraction of sp³-hybridized carbons (Fsp3) is 0.600. The van der Waals surface area contributed by atoms with Crippen LogP contribution in [0.5, 0.6) is 5.75 Å². The maximum absolute atomic E-state index is 11.8. The molecule has 0 radical (unpaired) electrons. The van der Waals surface area contributed by atoms with Gasteiger partial charge in [0.2, 0.25) is 0 Å². The van der Waals surface area contributed by atoms with Crippen molar-refractivity contribution in [3.8, 4) is 5.75 Å². The Morgan fingerprint density at radius 3 is 2.45 bits per heavy atom. The Morgan fingerprint density at radius 1 is 1.15 bits per heavy atom. The van der Waals surface area contributed by atoms with E-state index in [2.05, 4.69) is 24.7 Å². The van der Waals surface area contributed by atoms with Crippen molar-refractivity contribution in [2.75, 3.05) is 19.8 Å². The van der Waals surface area contributed by atoms with Gasteiger partial charge in [0.25, 0.3) is 0 Å². The summed E-state index contributed by atoms with van der Waals surface area (Å²) in [7, 11) is 0. The van der Waals surface area contributed by atoms with E-state index in [9.17, 15) is 13.2 Å². The predicted octanol–water partition coefficient (Wildman–Crippen LogP) is 4.47. The van der Waals surface area contributed by atoms with Gasteiger partial charge >= 0.3 is 6.18 Å². The highest BCUT2D eigenvalue weighted by Gasteiger charge is 2.27. The molecule has 1 rings (SSSR count). The summed E-state index contributed by atoms with van der Waals surface area (Å²) in [4.78, 5) is 0. The van der Waals surface area contributed by atoms with Crippen LogP contribution >= 0.6 is 0 Å². The number of aryl methyl sites for hydroxylation is 1. The van der Waals surface area contributed by atoms with Gasteiger partial charge in [0.15, 0.2) is 0 Å². The fourth-order valence-corrected chi connectivity index (χ4v) is 1.66. The van der Waals surface area contributed by atoms with Gasteiger partial charge in [-0.2, -0.15) is 13.2 Å². The third-order valence-corrected chi connectivity index (χ3v) is 2.84. The van der Waals surface area contributed by atoms with E-state index in [4.69, 9.17) is 4.74 Å². The van der Waals surface area contributed by atoms with Gasteiger partial charge in [-0.1, -0.05) is 26.0 Å². The maximum atomic E-state index is 11.8. The molecule has 0 saturated heterocycles. The minimum Gasteiger partial charge on any atom is -0.493 e. The summed E-state index contributed by atoms with van der Waals surface area (Å²) < 4.78 is 45.7. The van der Waals surface area contributed by atoms with Gasteiger partial charge in [0.05, 0.1) is 13.2 Å². The van der Waals surface area contributed by atoms with Crippen LogP contribution in [-0.4, -0.2) is 26.0 Å². The molecule has 0 aliphatic rings. The molecule has 0 aromatic heterocycles. The minimum atomic E-state index is -4.26. The molecule has 0 unspecified atom stereocenters. The molecule has 0 aliphatic heterocycles. The van der Waals surface area contributed by atoms with Crippen molar-refractivity contribution in [3.63, 3.8) is 0 Å². The Kier molecular flexibility index (Phi) is 6.33. The highest BCUT2D eigenvalue weighted by Crippen LogP contribution is 2.24. The van der Waals surface area contributed by atoms with E-state index in [1.807, 2.05) is 19.1 Å². The number of alkyl halides is 3. The van der Waals surface area contributed by atoms with Crippen LogP contribution in [0.15, 0.2) is 18.2 Å². The summed E-state index contributed by atoms with van der Waals surface area (Å²) in [5.74, 6) is 1.19. The van der Waals surface area contributed by atoms with Gasteiger partial charge in [-0.3, -0.25) is 0 Å². The minimum absolute atomic E-state index is 0.0441. The van der Waals surface area contributed by atoms with E-state index in [-0.39, 0.29) is 6.61 Å². The largest absolute Gasteiger partial charge is 0.493 e. The van der Waals surface area contributed by atoms with Crippen LogP contribution in [-0.2, 0) is 4.74 Å². The van der Waals surface area contributed by atoms with E-state index in [0.717, 1.165) is 11.3 Å². The van der Waals surface area contributed by atoms with Crippen molar-refractivity contribution in [2.24, 2.45) is 0 Å². The fourth-order valence-electron chi connectivity index (χ4n) is 1.66. The van der Waals surface area contributed by atoms with Crippen molar-refractivity contribution < 1.29 is 22.6 Å². The molecular weight excluding hydrogens is 269 g/mol. The summed E-state index contributed by atoms with van der Waals surface area (Å²) in [6.07, 6.45) is -3.83. The molecule has 0 fully saturated rings. The van der Waals surface area contributed by atoms with Crippen molar-refractivity contribution in [1.29, 1.82) is 0 Å². The molecule has 0 saturated carbocycles. The lowest BCUT2D eigenvalue weighted by Gasteiger charge is -2.13. The summed E-state index contributed by atoms with van der Waals surface area (Å²) in [6.45, 7) is 5.33. The van der Waals surface area contributed by atoms with Crippen molar-refractivity contribution in [1.82, 2.24) is 0 Å². The quantitative estimate of drug-likeness (QED) is 0.690. The zero-order valence-corrected chi connectivity index (χ0v) is 12.1. The van der Waals surface area contributed by atoms with Crippen molar-refractivity contribution in [2.45, 2.75) is 39.3 Å². The van der Waals surface area contributed by atoms with E-state index in [1.165, 1.54) is 5.56 Å². The first-order valence-corrected chi connectivity index (χ1v) is 6.67. The standard InChI is InChI=1S/C15H21F3O2/c1-11(2)13-6-5-12(3)14(9-13)20-8-4-7-19-10-15(16,17)18/h5-6,9,11H,4,7-8,10H2,1-3H3. The Balaban J connectivity index is 2.33. The first kappa shape index (κ1) is 16.8. The molecule has 2 nitrogen and oxygen atoms in total. The average molecular weight is 290 g/mol. The lowest BCUT2D eigenvalue weighted by molar-refractivity contribution is -0.174. The van der Waals surface area contributed by atoms with Crippen molar-refractivity contribution >= 4 is 0 Å². The topological polar surface area (TPSA) is 18.5 Å². The second-order valence-corrected chi connectivity index (χ2v) is 5.05. The number of hydrogen-bond acceptors (Lipinski definition) is 2. The van der Waals surface area contributed by atoms with Crippen LogP contribution in [0.4, 0.5) is 13.2 Å². The summed E-state index contributed by atoms with van der Waals surface area (Å²) in [5, 5.41) is 0. The average Bonchev–Trinajstić information content (AvgIpc) is 2.34. The Labute approximate surface area is 117 Å². The lowest BCUT2D eigenvalue weighted by atomic mass is 10.0. The molecule has 0 amide bonds. The summed E-state index contributed by atoms with van der Waals surface area (Å²) >= 11 is 0. The van der Waals surface area contributed by atoms with E-state index >= 15 is 0 Å². The van der Waals surface area contributed by atoms with Crippen LogP contribution < -0.4 is 4.74 Å². The van der Waals surface area contributed by atoms with E-state index in [1.54, 1.807) is 0 Å². The van der Waals surface area contributed by atoms with Gasteiger partial charge in [-0.05, 0) is 30.0 Å². The summed E-state index contributed by atoms with van der Waals surface area (Å²) in [6, 6.07) is 6.03. The molecule has 20 heavy (non-hydrogen) atoms. The summed E-state index contributed by atoms with van der Waals surface area (Å²) in [5.41, 5.74) is 2.20. The predicted molar refractivity (Wildman–Crippen MR) is 72.3 cm³/mol. The van der Waals surface area contributed by atoms with E-state index in [0.29, 0.717) is 18.9 Å². The molecule has 0 spiro atoms. The SMILES string of the molecule is Cc1ccc(C(C)C)cc1OCCCOCC(F)(F)F. The third kappa shape index (κ3) is 6.28. The molecule has 0 bridgehead atoms. The number of hydrogen-bond donors (Lipinski definition) is 0. The maximum Gasteiger partial charge on any atom is 0.411 e. The van der Waals surface area contributed by atoms with Gasteiger partial charge in [0.1, 0.15) is 12.4 Å². The highest BCUT2D eigenvalue weighted by atomic mass is 19.4. The molecule has 1 aromatic carbocycles. The second kappa shape index (κ2) is 7.53. The Morgan fingerprint density at radius 2 is 1.85 bits per heavy atom. The van der Waals surface area contributed by atoms with Gasteiger partial charge in [0, 0.05) is 6.42 Å². The molecule has 0 aliphatic carbocycles. The zero-order valence-electron chi connectivity index (χ0n) is 12.1. The first-order valence-electron chi connectivity index (χ1n) is 6.67. The molecule has 1 aromatic rings. The Bertz CT molecular complexity index is 414. The Hall–Kier alpha value is -1.23. The van der Waals surface area contributed by atoms with Gasteiger partial charge in [-0.25, -0.2) is 0 Å². The highest BCUT2D eigenvalue weighted by molar-refractivity contribution is 5.37. The molecule has 0 atom stereocenters. The first-order chi connectivity index (χ1) is 9.29. The van der Waals surface area contributed by atoms with Crippen LogP contribution in [0.3, 0.4) is 0 Å². The monoisotopic (exact) mass is 290 g/mol. The van der Waals surface area contributed by atoms with Crippen LogP contribution in [0.25, 0.3) is 0 Å². The lowest BCUT2D eigenvalue weighted by Crippen LogP contribution is -2.18. The normalized spacial score (nSPS) is 11.9. The molecule has 114 valence electrons. The third-order valence-electron chi connectivity index (χ3n) is 2.84. The number of halogens is 3. The molecule has 0 N–H and O–H groups in total. The number of rotatable bonds is 7. The van der Waals surface area contributed by atoms with Gasteiger partial charge < -0.3 is 9.47 Å². The zero-order chi connectivity index (χ0) is 15.2. The number of benzene rings is 1. The van der Waals surface area contributed by atoms with Crippen LogP contribution in [0.2, 0.25) is 0 Å².